The molecule has 3 N–H and O–H groups in total. The molecule has 94 valence electrons. The number of H-pyrrole nitrogens is 1. The van der Waals surface area contributed by atoms with Gasteiger partial charge in [0, 0.05) is 11.3 Å². The molecular formula is C13H11N5O. The number of aryl methyl sites for hydroxylation is 1. The zero-order valence-corrected chi connectivity index (χ0v) is 10.2. The van der Waals surface area contributed by atoms with Crippen LogP contribution in [0.5, 0.6) is 0 Å². The minimum Gasteiger partial charge on any atom is -0.363 e. The van der Waals surface area contributed by atoms with Gasteiger partial charge in [0.05, 0.1) is 23.1 Å². The first kappa shape index (κ1) is 11.3. The summed E-state index contributed by atoms with van der Waals surface area (Å²) in [6.07, 6.45) is 1.63. The Morgan fingerprint density at radius 3 is 2.89 bits per heavy atom. The zero-order chi connectivity index (χ0) is 13.4. The number of amides is 1. The molecule has 0 saturated carbocycles. The molecule has 0 atom stereocenters. The summed E-state index contributed by atoms with van der Waals surface area (Å²) in [6, 6.07) is 7.52. The molecule has 3 rings (SSSR count). The third kappa shape index (κ3) is 2.03. The predicted octanol–water partition coefficient (Wildman–Crippen LogP) is 1.43. The van der Waals surface area contributed by atoms with Crippen LogP contribution in [0, 0.1) is 6.92 Å². The van der Waals surface area contributed by atoms with Gasteiger partial charge < -0.3 is 10.7 Å². The molecule has 0 saturated heterocycles. The Morgan fingerprint density at radius 1 is 1.26 bits per heavy atom. The smallest absolute Gasteiger partial charge is 0.286 e. The van der Waals surface area contributed by atoms with Crippen LogP contribution in [0.15, 0.2) is 30.6 Å². The van der Waals surface area contributed by atoms with Crippen LogP contribution in [0.3, 0.4) is 0 Å². The Balaban J connectivity index is 2.17. The molecule has 1 amide bonds. The van der Waals surface area contributed by atoms with Crippen molar-refractivity contribution in [1.29, 1.82) is 0 Å². The highest BCUT2D eigenvalue weighted by Gasteiger charge is 2.09. The Kier molecular flexibility index (Phi) is 2.49. The van der Waals surface area contributed by atoms with Crippen LogP contribution >= 0.6 is 0 Å². The first-order chi connectivity index (χ1) is 9.13. The topological polar surface area (TPSA) is 97.5 Å². The first-order valence-electron chi connectivity index (χ1n) is 5.72. The van der Waals surface area contributed by atoms with Crippen LogP contribution in [0.25, 0.3) is 22.3 Å². The second-order valence-corrected chi connectivity index (χ2v) is 4.22. The van der Waals surface area contributed by atoms with Gasteiger partial charge in [0.25, 0.3) is 5.91 Å². The maximum absolute atomic E-state index is 11.2. The lowest BCUT2D eigenvalue weighted by Gasteiger charge is -2.04. The summed E-state index contributed by atoms with van der Waals surface area (Å²) in [6.45, 7) is 1.80. The molecule has 6 heteroatoms. The van der Waals surface area contributed by atoms with Gasteiger partial charge in [-0.1, -0.05) is 6.07 Å². The van der Waals surface area contributed by atoms with Gasteiger partial charge in [0.1, 0.15) is 0 Å². The van der Waals surface area contributed by atoms with Gasteiger partial charge in [-0.05, 0) is 25.1 Å². The fourth-order valence-electron chi connectivity index (χ4n) is 1.92. The van der Waals surface area contributed by atoms with Crippen molar-refractivity contribution in [3.05, 3.63) is 42.1 Å². The summed E-state index contributed by atoms with van der Waals surface area (Å²) in [5.41, 5.74) is 9.26. The monoisotopic (exact) mass is 253 g/mol. The largest absolute Gasteiger partial charge is 0.363 e. The number of hydrogen-bond donors (Lipinski definition) is 2. The number of nitrogens with one attached hydrogen (secondary N) is 1. The van der Waals surface area contributed by atoms with E-state index in [4.69, 9.17) is 5.73 Å². The van der Waals surface area contributed by atoms with E-state index in [1.807, 2.05) is 24.3 Å². The van der Waals surface area contributed by atoms with Crippen molar-refractivity contribution in [2.75, 3.05) is 0 Å². The number of benzene rings is 1. The third-order valence-corrected chi connectivity index (χ3v) is 2.79. The minimum absolute atomic E-state index is 0.0275. The molecular weight excluding hydrogens is 242 g/mol. The van der Waals surface area contributed by atoms with Crippen LogP contribution in [0.1, 0.15) is 16.3 Å². The SMILES string of the molecule is Cc1cc(-c2ccc3nc[nH]c3c2)nc(C(N)=O)n1. The van der Waals surface area contributed by atoms with Gasteiger partial charge in [-0.25, -0.2) is 15.0 Å². The lowest BCUT2D eigenvalue weighted by molar-refractivity contribution is 0.0990. The van der Waals surface area contributed by atoms with E-state index in [-0.39, 0.29) is 5.82 Å². The Bertz CT molecular complexity index is 778. The molecule has 3 aromatic rings. The summed E-state index contributed by atoms with van der Waals surface area (Å²) in [5.74, 6) is -0.604. The van der Waals surface area contributed by atoms with Crippen molar-refractivity contribution in [3.63, 3.8) is 0 Å². The highest BCUT2D eigenvalue weighted by Crippen LogP contribution is 2.21. The number of carbonyl (C=O) groups excluding carboxylic acids is 1. The Morgan fingerprint density at radius 2 is 2.11 bits per heavy atom. The average molecular weight is 253 g/mol. The number of nitrogens with two attached hydrogens (primary N) is 1. The molecule has 6 nitrogen and oxygen atoms in total. The number of carbonyl (C=O) groups is 1. The van der Waals surface area contributed by atoms with E-state index in [2.05, 4.69) is 19.9 Å². The van der Waals surface area contributed by atoms with E-state index in [1.54, 1.807) is 13.3 Å². The maximum Gasteiger partial charge on any atom is 0.286 e. The molecule has 19 heavy (non-hydrogen) atoms. The van der Waals surface area contributed by atoms with E-state index >= 15 is 0 Å². The van der Waals surface area contributed by atoms with E-state index in [0.717, 1.165) is 16.6 Å². The van der Waals surface area contributed by atoms with Gasteiger partial charge in [0.15, 0.2) is 0 Å². The fraction of sp³-hybridized carbons (Fsp3) is 0.0769. The lowest BCUT2D eigenvalue weighted by Crippen LogP contribution is -2.16. The van der Waals surface area contributed by atoms with Gasteiger partial charge in [0.2, 0.25) is 5.82 Å². The normalized spacial score (nSPS) is 10.8. The molecule has 0 aliphatic carbocycles. The van der Waals surface area contributed by atoms with Gasteiger partial charge in [-0.2, -0.15) is 0 Å². The third-order valence-electron chi connectivity index (χ3n) is 2.79. The van der Waals surface area contributed by atoms with E-state index in [0.29, 0.717) is 11.4 Å². The summed E-state index contributed by atoms with van der Waals surface area (Å²) in [4.78, 5) is 26.6. The van der Waals surface area contributed by atoms with Gasteiger partial charge >= 0.3 is 0 Å². The number of rotatable bonds is 2. The van der Waals surface area contributed by atoms with Gasteiger partial charge in [-0.3, -0.25) is 4.79 Å². The van der Waals surface area contributed by atoms with Crippen molar-refractivity contribution in [2.24, 2.45) is 5.73 Å². The van der Waals surface area contributed by atoms with Crippen LogP contribution in [0.4, 0.5) is 0 Å². The van der Waals surface area contributed by atoms with E-state index in [1.165, 1.54) is 0 Å². The molecule has 0 unspecified atom stereocenters. The minimum atomic E-state index is -0.632. The number of imidazole rings is 1. The molecule has 0 aliphatic rings. The molecule has 0 spiro atoms. The van der Waals surface area contributed by atoms with Crippen molar-refractivity contribution >= 4 is 16.9 Å². The molecule has 2 aromatic heterocycles. The Labute approximate surface area is 108 Å². The van der Waals surface area contributed by atoms with E-state index in [9.17, 15) is 4.79 Å². The molecule has 0 aliphatic heterocycles. The molecule has 0 bridgehead atoms. The summed E-state index contributed by atoms with van der Waals surface area (Å²) in [7, 11) is 0. The summed E-state index contributed by atoms with van der Waals surface area (Å²) >= 11 is 0. The highest BCUT2D eigenvalue weighted by atomic mass is 16.1. The fourth-order valence-corrected chi connectivity index (χ4v) is 1.92. The number of hydrogen-bond acceptors (Lipinski definition) is 4. The molecule has 2 heterocycles. The quantitative estimate of drug-likeness (QED) is 0.721. The zero-order valence-electron chi connectivity index (χ0n) is 10.2. The van der Waals surface area contributed by atoms with Crippen LogP contribution < -0.4 is 5.73 Å². The Hall–Kier alpha value is -2.76. The predicted molar refractivity (Wildman–Crippen MR) is 70.4 cm³/mol. The number of aromatic amines is 1. The van der Waals surface area contributed by atoms with Crippen molar-refractivity contribution < 1.29 is 4.79 Å². The average Bonchev–Trinajstić information content (AvgIpc) is 2.85. The van der Waals surface area contributed by atoms with Crippen LogP contribution in [-0.2, 0) is 0 Å². The second kappa shape index (κ2) is 4.16. The lowest BCUT2D eigenvalue weighted by atomic mass is 10.1. The number of primary amides is 1. The summed E-state index contributed by atoms with van der Waals surface area (Å²) < 4.78 is 0. The molecule has 0 radical (unpaired) electrons. The standard InChI is InChI=1S/C13H11N5O/c1-7-4-10(18-13(17-7)12(14)19)8-2-3-9-11(5-8)16-6-15-9/h2-6H,1H3,(H2,14,19)(H,15,16). The van der Waals surface area contributed by atoms with Crippen molar-refractivity contribution in [2.45, 2.75) is 6.92 Å². The van der Waals surface area contributed by atoms with Gasteiger partial charge in [-0.15, -0.1) is 0 Å². The highest BCUT2D eigenvalue weighted by molar-refractivity contribution is 5.89. The second-order valence-electron chi connectivity index (χ2n) is 4.22. The number of fused-ring (bicyclic) bond motifs is 1. The maximum atomic E-state index is 11.2. The van der Waals surface area contributed by atoms with Crippen molar-refractivity contribution in [1.82, 2.24) is 19.9 Å². The van der Waals surface area contributed by atoms with Crippen LogP contribution in [-0.4, -0.2) is 25.8 Å². The van der Waals surface area contributed by atoms with Crippen molar-refractivity contribution in [3.8, 4) is 11.3 Å². The number of nitrogens with zero attached hydrogens (tertiary/aromatic N) is 3. The summed E-state index contributed by atoms with van der Waals surface area (Å²) in [5, 5.41) is 0. The number of aromatic nitrogens is 4. The first-order valence-corrected chi connectivity index (χ1v) is 5.72. The molecule has 1 aromatic carbocycles. The molecule has 0 fully saturated rings. The van der Waals surface area contributed by atoms with Crippen LogP contribution in [0.2, 0.25) is 0 Å². The van der Waals surface area contributed by atoms with E-state index < -0.39 is 5.91 Å².